The maximum Gasteiger partial charge on any atom is 0.248 e. The molecular weight excluding hydrogens is 415 g/mol. The van der Waals surface area contributed by atoms with Crippen molar-refractivity contribution in [3.8, 4) is 0 Å². The van der Waals surface area contributed by atoms with Crippen molar-refractivity contribution >= 4 is 41.3 Å². The normalized spacial score (nSPS) is 11.1. The van der Waals surface area contributed by atoms with E-state index in [1.54, 1.807) is 18.3 Å². The molecule has 0 radical (unpaired) electrons. The number of aliphatic imine (C=N–C) groups is 1. The molecule has 0 aliphatic heterocycles. The SMILES string of the molecule is CCNC(=NCc1nc(C)no1)NCc1ncc(CC)s1.I. The van der Waals surface area contributed by atoms with Gasteiger partial charge in [-0.3, -0.25) is 0 Å². The number of halogens is 1. The van der Waals surface area contributed by atoms with Crippen LogP contribution in [0.1, 0.15) is 35.4 Å². The van der Waals surface area contributed by atoms with Gasteiger partial charge in [0, 0.05) is 17.6 Å². The van der Waals surface area contributed by atoms with E-state index in [1.807, 2.05) is 13.1 Å². The van der Waals surface area contributed by atoms with Crippen LogP contribution in [0.4, 0.5) is 0 Å². The number of hydrogen-bond donors (Lipinski definition) is 2. The van der Waals surface area contributed by atoms with Gasteiger partial charge in [0.15, 0.2) is 11.8 Å². The summed E-state index contributed by atoms with van der Waals surface area (Å²) < 4.78 is 5.04. The highest BCUT2D eigenvalue weighted by molar-refractivity contribution is 14.0. The van der Waals surface area contributed by atoms with E-state index in [4.69, 9.17) is 4.52 Å². The van der Waals surface area contributed by atoms with Crippen LogP contribution in [0.15, 0.2) is 15.7 Å². The van der Waals surface area contributed by atoms with Crippen molar-refractivity contribution in [3.05, 3.63) is 27.8 Å². The minimum absolute atomic E-state index is 0. The Bertz CT molecular complexity index is 597. The second kappa shape index (κ2) is 9.72. The Morgan fingerprint density at radius 1 is 1.36 bits per heavy atom. The Labute approximate surface area is 151 Å². The molecule has 0 saturated heterocycles. The molecule has 0 aromatic carbocycles. The van der Waals surface area contributed by atoms with Crippen molar-refractivity contribution in [3.63, 3.8) is 0 Å². The van der Waals surface area contributed by atoms with Crippen LogP contribution in [-0.2, 0) is 19.5 Å². The first-order valence-electron chi connectivity index (χ1n) is 6.96. The number of rotatable bonds is 6. The van der Waals surface area contributed by atoms with Crippen molar-refractivity contribution < 1.29 is 4.52 Å². The zero-order chi connectivity index (χ0) is 15.1. The van der Waals surface area contributed by atoms with E-state index in [9.17, 15) is 0 Å². The van der Waals surface area contributed by atoms with E-state index in [-0.39, 0.29) is 24.0 Å². The van der Waals surface area contributed by atoms with Gasteiger partial charge >= 0.3 is 0 Å². The Balaban J connectivity index is 0.00000242. The van der Waals surface area contributed by atoms with Crippen LogP contribution in [0.5, 0.6) is 0 Å². The van der Waals surface area contributed by atoms with Gasteiger partial charge in [-0.25, -0.2) is 9.98 Å². The number of hydrogen-bond acceptors (Lipinski definition) is 6. The number of aryl methyl sites for hydroxylation is 2. The van der Waals surface area contributed by atoms with E-state index in [0.717, 1.165) is 18.0 Å². The molecule has 0 atom stereocenters. The summed E-state index contributed by atoms with van der Waals surface area (Å²) in [7, 11) is 0. The highest BCUT2D eigenvalue weighted by Crippen LogP contribution is 2.12. The molecule has 2 aromatic heterocycles. The number of thiazole rings is 1. The van der Waals surface area contributed by atoms with Crippen LogP contribution >= 0.6 is 35.3 Å². The zero-order valence-electron chi connectivity index (χ0n) is 12.9. The molecule has 0 fully saturated rings. The van der Waals surface area contributed by atoms with Gasteiger partial charge in [0.05, 0.1) is 6.54 Å². The molecule has 0 amide bonds. The van der Waals surface area contributed by atoms with Crippen LogP contribution in [0.3, 0.4) is 0 Å². The number of nitrogens with one attached hydrogen (secondary N) is 2. The van der Waals surface area contributed by atoms with Crippen molar-refractivity contribution in [1.29, 1.82) is 0 Å². The maximum absolute atomic E-state index is 5.04. The summed E-state index contributed by atoms with van der Waals surface area (Å²) in [5.74, 6) is 1.84. The molecule has 0 spiro atoms. The minimum Gasteiger partial charge on any atom is -0.357 e. The third-order valence-electron chi connectivity index (χ3n) is 2.64. The average molecular weight is 436 g/mol. The Morgan fingerprint density at radius 2 is 2.18 bits per heavy atom. The average Bonchev–Trinajstić information content (AvgIpc) is 3.10. The molecule has 0 unspecified atom stereocenters. The fraction of sp³-hybridized carbons (Fsp3) is 0.538. The van der Waals surface area contributed by atoms with E-state index in [2.05, 4.69) is 37.7 Å². The fourth-order valence-electron chi connectivity index (χ4n) is 1.65. The molecule has 0 aliphatic rings. The van der Waals surface area contributed by atoms with Crippen molar-refractivity contribution in [2.75, 3.05) is 6.54 Å². The Kier molecular flexibility index (Phi) is 8.31. The van der Waals surface area contributed by atoms with E-state index in [0.29, 0.717) is 30.8 Å². The second-order valence-corrected chi connectivity index (χ2v) is 5.56. The van der Waals surface area contributed by atoms with E-state index in [1.165, 1.54) is 4.88 Å². The summed E-state index contributed by atoms with van der Waals surface area (Å²) in [6, 6.07) is 0. The molecule has 122 valence electrons. The van der Waals surface area contributed by atoms with Gasteiger partial charge in [0.1, 0.15) is 11.6 Å². The molecule has 0 saturated carbocycles. The number of guanidine groups is 1. The summed E-state index contributed by atoms with van der Waals surface area (Å²) in [5, 5.41) is 11.2. The monoisotopic (exact) mass is 436 g/mol. The molecule has 7 nitrogen and oxygen atoms in total. The van der Waals surface area contributed by atoms with Crippen LogP contribution in [-0.4, -0.2) is 27.6 Å². The van der Waals surface area contributed by atoms with Crippen LogP contribution < -0.4 is 10.6 Å². The van der Waals surface area contributed by atoms with Crippen molar-refractivity contribution in [1.82, 2.24) is 25.8 Å². The first kappa shape index (κ1) is 18.8. The van der Waals surface area contributed by atoms with Gasteiger partial charge in [-0.2, -0.15) is 4.98 Å². The predicted molar refractivity (Wildman–Crippen MR) is 97.6 cm³/mol. The highest BCUT2D eigenvalue weighted by atomic mass is 127. The molecule has 0 aliphatic carbocycles. The summed E-state index contributed by atoms with van der Waals surface area (Å²) in [4.78, 5) is 14.2. The lowest BCUT2D eigenvalue weighted by Gasteiger charge is -2.09. The lowest BCUT2D eigenvalue weighted by atomic mass is 10.4. The summed E-state index contributed by atoms with van der Waals surface area (Å²) in [6.07, 6.45) is 2.94. The topological polar surface area (TPSA) is 88.2 Å². The molecule has 2 rings (SSSR count). The maximum atomic E-state index is 5.04. The predicted octanol–water partition coefficient (Wildman–Crippen LogP) is 2.27. The van der Waals surface area contributed by atoms with Crippen LogP contribution in [0, 0.1) is 6.92 Å². The Morgan fingerprint density at radius 3 is 2.77 bits per heavy atom. The van der Waals surface area contributed by atoms with Gasteiger partial charge in [-0.05, 0) is 20.3 Å². The number of aromatic nitrogens is 3. The lowest BCUT2D eigenvalue weighted by Crippen LogP contribution is -2.36. The molecule has 0 bridgehead atoms. The fourth-order valence-corrected chi connectivity index (χ4v) is 2.45. The molecule has 22 heavy (non-hydrogen) atoms. The van der Waals surface area contributed by atoms with Gasteiger partial charge in [0.2, 0.25) is 5.89 Å². The summed E-state index contributed by atoms with van der Waals surface area (Å²) in [5.41, 5.74) is 0. The van der Waals surface area contributed by atoms with Gasteiger partial charge < -0.3 is 15.2 Å². The van der Waals surface area contributed by atoms with Crippen LogP contribution in [0.2, 0.25) is 0 Å². The molecule has 2 heterocycles. The van der Waals surface area contributed by atoms with Gasteiger partial charge in [0.25, 0.3) is 0 Å². The summed E-state index contributed by atoms with van der Waals surface area (Å²) in [6.45, 7) is 7.73. The van der Waals surface area contributed by atoms with E-state index < -0.39 is 0 Å². The van der Waals surface area contributed by atoms with Crippen molar-refractivity contribution in [2.24, 2.45) is 4.99 Å². The quantitative estimate of drug-likeness (QED) is 0.411. The molecule has 9 heteroatoms. The minimum atomic E-state index is 0. The standard InChI is InChI=1S/C13H20N6OS.HI/c1-4-10-6-15-12(21-10)8-17-13(14-5-2)16-7-11-18-9(3)19-20-11;/h6H,4-5,7-8H2,1-3H3,(H2,14,16,17);1H. The van der Waals surface area contributed by atoms with Gasteiger partial charge in [-0.15, -0.1) is 35.3 Å². The molecule has 2 N–H and O–H groups in total. The third-order valence-corrected chi connectivity index (χ3v) is 3.78. The van der Waals surface area contributed by atoms with E-state index >= 15 is 0 Å². The number of nitrogens with zero attached hydrogens (tertiary/aromatic N) is 4. The zero-order valence-corrected chi connectivity index (χ0v) is 16.1. The first-order valence-corrected chi connectivity index (χ1v) is 7.77. The lowest BCUT2D eigenvalue weighted by molar-refractivity contribution is 0.376. The Hall–Kier alpha value is -1.23. The molecular formula is C13H21IN6OS. The third kappa shape index (κ3) is 5.87. The first-order chi connectivity index (χ1) is 10.2. The molecule has 2 aromatic rings. The van der Waals surface area contributed by atoms with Crippen molar-refractivity contribution in [2.45, 2.75) is 40.3 Å². The highest BCUT2D eigenvalue weighted by Gasteiger charge is 2.05. The second-order valence-electron chi connectivity index (χ2n) is 4.36. The van der Waals surface area contributed by atoms with Gasteiger partial charge in [-0.1, -0.05) is 12.1 Å². The smallest absolute Gasteiger partial charge is 0.248 e. The largest absolute Gasteiger partial charge is 0.357 e. The van der Waals surface area contributed by atoms with Crippen LogP contribution in [0.25, 0.3) is 0 Å². The summed E-state index contributed by atoms with van der Waals surface area (Å²) >= 11 is 1.71.